The quantitative estimate of drug-likeness (QED) is 0.690. The lowest BCUT2D eigenvalue weighted by molar-refractivity contribution is 0.0944. The van der Waals surface area contributed by atoms with Gasteiger partial charge in [-0.25, -0.2) is 4.39 Å². The van der Waals surface area contributed by atoms with Crippen molar-refractivity contribution in [3.63, 3.8) is 0 Å². The number of aromatic nitrogens is 3. The normalized spacial score (nSPS) is 10.9. The summed E-state index contributed by atoms with van der Waals surface area (Å²) in [5, 5.41) is 12.6. The van der Waals surface area contributed by atoms with Crippen LogP contribution in [0.3, 0.4) is 0 Å². The van der Waals surface area contributed by atoms with Crippen molar-refractivity contribution in [2.75, 3.05) is 0 Å². The number of halogens is 1. The molecule has 0 bridgehead atoms. The van der Waals surface area contributed by atoms with Crippen molar-refractivity contribution in [3.05, 3.63) is 87.6 Å². The van der Waals surface area contributed by atoms with Crippen LogP contribution in [0.25, 0.3) is 0 Å². The number of H-pyrrole nitrogens is 1. The van der Waals surface area contributed by atoms with Crippen molar-refractivity contribution in [3.8, 4) is 0 Å². The molecule has 3 aromatic rings. The van der Waals surface area contributed by atoms with Crippen LogP contribution in [0.2, 0.25) is 0 Å². The number of aromatic amines is 1. The maximum atomic E-state index is 12.8. The van der Waals surface area contributed by atoms with E-state index in [9.17, 15) is 14.0 Å². The minimum absolute atomic E-state index is 0.283. The summed E-state index contributed by atoms with van der Waals surface area (Å²) in [4.78, 5) is 25.0. The largest absolute Gasteiger partial charge is 0.346 e. The molecule has 2 aromatic carbocycles. The van der Waals surface area contributed by atoms with Gasteiger partial charge in [-0.3, -0.25) is 9.59 Å². The highest BCUT2D eigenvalue weighted by molar-refractivity contribution is 5.91. The van der Waals surface area contributed by atoms with E-state index in [1.807, 2.05) is 30.3 Å². The van der Waals surface area contributed by atoms with Crippen molar-refractivity contribution in [2.24, 2.45) is 5.10 Å². The number of carbonyl (C=O) groups excluding carboxylic acids is 1. The topological polar surface area (TPSA) is 92.1 Å². The first-order valence-electron chi connectivity index (χ1n) is 7.43. The van der Waals surface area contributed by atoms with Crippen LogP contribution < -0.4 is 10.9 Å². The minimum atomic E-state index is -0.677. The maximum Gasteiger partial charge on any atom is 0.320 e. The molecule has 0 saturated heterocycles. The number of carbonyl (C=O) groups is 1. The second-order valence-electron chi connectivity index (χ2n) is 5.14. The summed E-state index contributed by atoms with van der Waals surface area (Å²) >= 11 is 0. The van der Waals surface area contributed by atoms with Crippen molar-refractivity contribution in [2.45, 2.75) is 6.54 Å². The van der Waals surface area contributed by atoms with Crippen LogP contribution in [-0.4, -0.2) is 27.2 Å². The predicted octanol–water partition coefficient (Wildman–Crippen LogP) is 1.52. The molecule has 25 heavy (non-hydrogen) atoms. The molecule has 126 valence electrons. The fourth-order valence-corrected chi connectivity index (χ4v) is 2.05. The van der Waals surface area contributed by atoms with E-state index in [4.69, 9.17) is 0 Å². The Bertz CT molecular complexity index is 945. The zero-order valence-corrected chi connectivity index (χ0v) is 13.0. The SMILES string of the molecule is O=C(NCc1ccccc1)c1n[nH]n(N=Cc2ccc(F)cc2)c1=O. The number of nitrogens with zero attached hydrogens (tertiary/aromatic N) is 3. The van der Waals surface area contributed by atoms with Crippen LogP contribution >= 0.6 is 0 Å². The van der Waals surface area contributed by atoms with Crippen LogP contribution in [0.5, 0.6) is 0 Å². The number of hydrogen-bond acceptors (Lipinski definition) is 4. The highest BCUT2D eigenvalue weighted by atomic mass is 19.1. The highest BCUT2D eigenvalue weighted by Crippen LogP contribution is 2.00. The Morgan fingerprint density at radius 2 is 1.92 bits per heavy atom. The zero-order chi connectivity index (χ0) is 17.6. The van der Waals surface area contributed by atoms with Gasteiger partial charge in [-0.2, -0.15) is 10.3 Å². The Balaban J connectivity index is 1.69. The Labute approximate surface area is 141 Å². The van der Waals surface area contributed by atoms with Gasteiger partial charge < -0.3 is 5.32 Å². The number of benzene rings is 2. The molecule has 0 unspecified atom stereocenters. The number of rotatable bonds is 5. The molecule has 8 heteroatoms. The molecule has 7 nitrogen and oxygen atoms in total. The first kappa shape index (κ1) is 16.3. The monoisotopic (exact) mass is 339 g/mol. The molecule has 1 amide bonds. The summed E-state index contributed by atoms with van der Waals surface area (Å²) < 4.78 is 12.8. The lowest BCUT2D eigenvalue weighted by atomic mass is 10.2. The number of hydrogen-bond donors (Lipinski definition) is 2. The third kappa shape index (κ3) is 4.05. The van der Waals surface area contributed by atoms with Crippen molar-refractivity contribution in [1.29, 1.82) is 0 Å². The maximum absolute atomic E-state index is 12.8. The van der Waals surface area contributed by atoms with Crippen molar-refractivity contribution < 1.29 is 9.18 Å². The molecule has 0 aliphatic heterocycles. The van der Waals surface area contributed by atoms with Gasteiger partial charge in [0.2, 0.25) is 5.69 Å². The van der Waals surface area contributed by atoms with E-state index in [-0.39, 0.29) is 18.1 Å². The third-order valence-corrected chi connectivity index (χ3v) is 3.35. The predicted molar refractivity (Wildman–Crippen MR) is 89.9 cm³/mol. The molecule has 0 spiro atoms. The van der Waals surface area contributed by atoms with Crippen LogP contribution in [0.4, 0.5) is 4.39 Å². The summed E-state index contributed by atoms with van der Waals surface area (Å²) in [5.41, 5.74) is 0.537. The molecule has 0 aliphatic carbocycles. The molecule has 0 saturated carbocycles. The van der Waals surface area contributed by atoms with Gasteiger partial charge in [-0.15, -0.1) is 9.89 Å². The van der Waals surface area contributed by atoms with E-state index in [0.717, 1.165) is 10.4 Å². The van der Waals surface area contributed by atoms with Crippen molar-refractivity contribution in [1.82, 2.24) is 20.4 Å². The van der Waals surface area contributed by atoms with Gasteiger partial charge in [0.15, 0.2) is 0 Å². The van der Waals surface area contributed by atoms with Gasteiger partial charge in [0.1, 0.15) is 5.82 Å². The molecular weight excluding hydrogens is 325 g/mol. The molecule has 1 aromatic heterocycles. The molecule has 0 fully saturated rings. The summed E-state index contributed by atoms with van der Waals surface area (Å²) in [7, 11) is 0. The zero-order valence-electron chi connectivity index (χ0n) is 13.0. The Hall–Kier alpha value is -3.55. The Morgan fingerprint density at radius 3 is 2.64 bits per heavy atom. The summed E-state index contributed by atoms with van der Waals surface area (Å²) in [6, 6.07) is 14.9. The van der Waals surface area contributed by atoms with Gasteiger partial charge in [-0.05, 0) is 23.3 Å². The second-order valence-corrected chi connectivity index (χ2v) is 5.14. The van der Waals surface area contributed by atoms with Crippen LogP contribution in [-0.2, 0) is 6.54 Å². The van der Waals surface area contributed by atoms with Gasteiger partial charge in [0.25, 0.3) is 5.91 Å². The van der Waals surface area contributed by atoms with Gasteiger partial charge in [0.05, 0.1) is 6.21 Å². The molecule has 0 atom stereocenters. The number of nitrogens with one attached hydrogen (secondary N) is 2. The Kier molecular flexibility index (Phi) is 4.79. The van der Waals surface area contributed by atoms with E-state index < -0.39 is 11.5 Å². The number of amides is 1. The van der Waals surface area contributed by atoms with Gasteiger partial charge in [0, 0.05) is 6.54 Å². The molecule has 2 N–H and O–H groups in total. The molecule has 3 rings (SSSR count). The standard InChI is InChI=1S/C17H14FN5O2/c18-14-8-6-13(7-9-14)11-20-23-17(25)15(21-22-23)16(24)19-10-12-4-2-1-3-5-12/h1-9,11,22H,10H2,(H,19,24). The molecule has 0 aliphatic rings. The second kappa shape index (κ2) is 7.35. The highest BCUT2D eigenvalue weighted by Gasteiger charge is 2.16. The molecule has 0 radical (unpaired) electrons. The summed E-state index contributed by atoms with van der Waals surface area (Å²) in [5.74, 6) is -0.964. The van der Waals surface area contributed by atoms with E-state index in [0.29, 0.717) is 5.56 Å². The average Bonchev–Trinajstić information content (AvgIpc) is 3.01. The first-order chi connectivity index (χ1) is 12.1. The van der Waals surface area contributed by atoms with Gasteiger partial charge >= 0.3 is 5.56 Å². The van der Waals surface area contributed by atoms with Crippen LogP contribution in [0.1, 0.15) is 21.6 Å². The molecular formula is C17H14FN5O2. The van der Waals surface area contributed by atoms with E-state index in [1.54, 1.807) is 0 Å². The van der Waals surface area contributed by atoms with Crippen molar-refractivity contribution >= 4 is 12.1 Å². The Morgan fingerprint density at radius 1 is 1.20 bits per heavy atom. The lowest BCUT2D eigenvalue weighted by Gasteiger charge is -2.01. The lowest BCUT2D eigenvalue weighted by Crippen LogP contribution is -2.29. The third-order valence-electron chi connectivity index (χ3n) is 3.35. The fraction of sp³-hybridized carbons (Fsp3) is 0.0588. The van der Waals surface area contributed by atoms with E-state index in [1.165, 1.54) is 30.5 Å². The van der Waals surface area contributed by atoms with Crippen LogP contribution in [0, 0.1) is 5.82 Å². The van der Waals surface area contributed by atoms with Crippen LogP contribution in [0.15, 0.2) is 64.5 Å². The summed E-state index contributed by atoms with van der Waals surface area (Å²) in [6.45, 7) is 0.283. The fourth-order valence-electron chi connectivity index (χ4n) is 2.05. The summed E-state index contributed by atoms with van der Waals surface area (Å²) in [6.07, 6.45) is 1.35. The first-order valence-corrected chi connectivity index (χ1v) is 7.43. The average molecular weight is 339 g/mol. The van der Waals surface area contributed by atoms with Gasteiger partial charge in [-0.1, -0.05) is 42.5 Å². The van der Waals surface area contributed by atoms with E-state index >= 15 is 0 Å². The minimum Gasteiger partial charge on any atom is -0.346 e. The van der Waals surface area contributed by atoms with E-state index in [2.05, 4.69) is 20.7 Å². The molecule has 1 heterocycles. The smallest absolute Gasteiger partial charge is 0.320 e.